The largest absolute Gasteiger partial charge is 0.368 e. The lowest BCUT2D eigenvalue weighted by Crippen LogP contribution is -2.34. The SMILES string of the molecule is CCc1cc(C)nc(C2CNCCO2)n1. The van der Waals surface area contributed by atoms with Gasteiger partial charge in [0, 0.05) is 24.5 Å². The molecule has 2 rings (SSSR count). The zero-order valence-electron chi connectivity index (χ0n) is 9.29. The van der Waals surface area contributed by atoms with E-state index in [0.717, 1.165) is 43.3 Å². The van der Waals surface area contributed by atoms with E-state index in [1.807, 2.05) is 13.0 Å². The van der Waals surface area contributed by atoms with Crippen molar-refractivity contribution in [3.8, 4) is 0 Å². The Kier molecular flexibility index (Phi) is 3.28. The van der Waals surface area contributed by atoms with Crippen LogP contribution in [0.4, 0.5) is 0 Å². The molecule has 0 radical (unpaired) electrons. The highest BCUT2D eigenvalue weighted by Crippen LogP contribution is 2.15. The van der Waals surface area contributed by atoms with Gasteiger partial charge in [-0.15, -0.1) is 0 Å². The fourth-order valence-corrected chi connectivity index (χ4v) is 1.71. The molecule has 4 nitrogen and oxygen atoms in total. The van der Waals surface area contributed by atoms with E-state index >= 15 is 0 Å². The van der Waals surface area contributed by atoms with Crippen molar-refractivity contribution in [1.82, 2.24) is 15.3 Å². The lowest BCUT2D eigenvalue weighted by atomic mass is 10.2. The van der Waals surface area contributed by atoms with E-state index in [-0.39, 0.29) is 6.10 Å². The summed E-state index contributed by atoms with van der Waals surface area (Å²) in [5, 5.41) is 3.29. The first-order valence-electron chi connectivity index (χ1n) is 5.46. The van der Waals surface area contributed by atoms with Crippen LogP contribution in [0, 0.1) is 6.92 Å². The Morgan fingerprint density at radius 3 is 3.07 bits per heavy atom. The molecular formula is C11H17N3O. The number of morpholine rings is 1. The van der Waals surface area contributed by atoms with Crippen molar-refractivity contribution in [2.45, 2.75) is 26.4 Å². The summed E-state index contributed by atoms with van der Waals surface area (Å²) >= 11 is 0. The van der Waals surface area contributed by atoms with E-state index in [2.05, 4.69) is 22.2 Å². The van der Waals surface area contributed by atoms with Crippen molar-refractivity contribution >= 4 is 0 Å². The molecule has 0 bridgehead atoms. The molecule has 1 aromatic rings. The van der Waals surface area contributed by atoms with Gasteiger partial charge in [-0.3, -0.25) is 0 Å². The molecule has 1 fully saturated rings. The lowest BCUT2D eigenvalue weighted by Gasteiger charge is -2.22. The molecule has 0 aromatic carbocycles. The number of hydrogen-bond donors (Lipinski definition) is 1. The molecular weight excluding hydrogens is 190 g/mol. The van der Waals surface area contributed by atoms with Gasteiger partial charge in [0.25, 0.3) is 0 Å². The number of hydrogen-bond acceptors (Lipinski definition) is 4. The first-order valence-corrected chi connectivity index (χ1v) is 5.46. The number of aryl methyl sites for hydroxylation is 2. The molecule has 1 N–H and O–H groups in total. The van der Waals surface area contributed by atoms with Crippen molar-refractivity contribution in [2.75, 3.05) is 19.7 Å². The highest BCUT2D eigenvalue weighted by molar-refractivity contribution is 5.11. The quantitative estimate of drug-likeness (QED) is 0.786. The Balaban J connectivity index is 2.22. The first-order chi connectivity index (χ1) is 7.29. The van der Waals surface area contributed by atoms with Crippen LogP contribution in [0.5, 0.6) is 0 Å². The molecule has 1 aliphatic rings. The molecule has 1 saturated heterocycles. The van der Waals surface area contributed by atoms with Gasteiger partial charge in [0.15, 0.2) is 5.82 Å². The van der Waals surface area contributed by atoms with Crippen LogP contribution in [0.1, 0.15) is 30.2 Å². The average molecular weight is 207 g/mol. The van der Waals surface area contributed by atoms with E-state index in [4.69, 9.17) is 4.74 Å². The lowest BCUT2D eigenvalue weighted by molar-refractivity contribution is 0.0219. The van der Waals surface area contributed by atoms with Crippen molar-refractivity contribution in [3.05, 3.63) is 23.3 Å². The third-order valence-corrected chi connectivity index (χ3v) is 2.50. The summed E-state index contributed by atoms with van der Waals surface area (Å²) in [4.78, 5) is 8.93. The smallest absolute Gasteiger partial charge is 0.158 e. The van der Waals surface area contributed by atoms with Gasteiger partial charge in [0.1, 0.15) is 6.10 Å². The minimum absolute atomic E-state index is 0.0175. The van der Waals surface area contributed by atoms with Gasteiger partial charge in [-0.2, -0.15) is 0 Å². The Labute approximate surface area is 90.1 Å². The van der Waals surface area contributed by atoms with Gasteiger partial charge in [0.05, 0.1) is 6.61 Å². The Hall–Kier alpha value is -1.00. The molecule has 15 heavy (non-hydrogen) atoms. The van der Waals surface area contributed by atoms with Crippen LogP contribution in [0.25, 0.3) is 0 Å². The van der Waals surface area contributed by atoms with Crippen molar-refractivity contribution in [1.29, 1.82) is 0 Å². The maximum atomic E-state index is 5.63. The van der Waals surface area contributed by atoms with Crippen LogP contribution in [-0.4, -0.2) is 29.7 Å². The third kappa shape index (κ3) is 2.52. The summed E-state index contributed by atoms with van der Waals surface area (Å²) in [5.74, 6) is 0.819. The maximum Gasteiger partial charge on any atom is 0.158 e. The summed E-state index contributed by atoms with van der Waals surface area (Å²) in [6.45, 7) is 6.57. The van der Waals surface area contributed by atoms with Gasteiger partial charge in [0.2, 0.25) is 0 Å². The number of ether oxygens (including phenoxy) is 1. The van der Waals surface area contributed by atoms with Crippen LogP contribution in [0.2, 0.25) is 0 Å². The molecule has 0 aliphatic carbocycles. The number of nitrogens with zero attached hydrogens (tertiary/aromatic N) is 2. The number of rotatable bonds is 2. The molecule has 82 valence electrons. The topological polar surface area (TPSA) is 47.0 Å². The van der Waals surface area contributed by atoms with Crippen LogP contribution in [-0.2, 0) is 11.2 Å². The van der Waals surface area contributed by atoms with Gasteiger partial charge >= 0.3 is 0 Å². The van der Waals surface area contributed by atoms with Crippen molar-refractivity contribution in [3.63, 3.8) is 0 Å². The minimum atomic E-state index is 0.0175. The van der Waals surface area contributed by atoms with E-state index in [1.165, 1.54) is 0 Å². The minimum Gasteiger partial charge on any atom is -0.368 e. The van der Waals surface area contributed by atoms with Gasteiger partial charge < -0.3 is 10.1 Å². The Morgan fingerprint density at radius 2 is 2.40 bits per heavy atom. The monoisotopic (exact) mass is 207 g/mol. The number of nitrogens with one attached hydrogen (secondary N) is 1. The molecule has 1 aliphatic heterocycles. The number of aromatic nitrogens is 2. The molecule has 0 saturated carbocycles. The van der Waals surface area contributed by atoms with E-state index < -0.39 is 0 Å². The average Bonchev–Trinajstić information content (AvgIpc) is 2.29. The van der Waals surface area contributed by atoms with Gasteiger partial charge in [-0.1, -0.05) is 6.92 Å². The molecule has 2 heterocycles. The summed E-state index contributed by atoms with van der Waals surface area (Å²) in [5.41, 5.74) is 2.11. The summed E-state index contributed by atoms with van der Waals surface area (Å²) in [6.07, 6.45) is 0.959. The zero-order chi connectivity index (χ0) is 10.7. The Bertz CT molecular complexity index is 335. The van der Waals surface area contributed by atoms with E-state index in [0.29, 0.717) is 0 Å². The van der Waals surface area contributed by atoms with Gasteiger partial charge in [-0.05, 0) is 19.4 Å². The Morgan fingerprint density at radius 1 is 1.53 bits per heavy atom. The molecule has 0 spiro atoms. The van der Waals surface area contributed by atoms with Crippen LogP contribution in [0.15, 0.2) is 6.07 Å². The van der Waals surface area contributed by atoms with E-state index in [1.54, 1.807) is 0 Å². The second kappa shape index (κ2) is 4.68. The predicted molar refractivity (Wildman–Crippen MR) is 57.7 cm³/mol. The summed E-state index contributed by atoms with van der Waals surface area (Å²) < 4.78 is 5.63. The molecule has 1 aromatic heterocycles. The van der Waals surface area contributed by atoms with Crippen LogP contribution >= 0.6 is 0 Å². The molecule has 1 unspecified atom stereocenters. The van der Waals surface area contributed by atoms with Gasteiger partial charge in [-0.25, -0.2) is 9.97 Å². The van der Waals surface area contributed by atoms with Crippen LogP contribution in [0.3, 0.4) is 0 Å². The fourth-order valence-electron chi connectivity index (χ4n) is 1.71. The van der Waals surface area contributed by atoms with E-state index in [9.17, 15) is 0 Å². The second-order valence-electron chi connectivity index (χ2n) is 3.78. The normalized spacial score (nSPS) is 21.6. The van der Waals surface area contributed by atoms with Crippen LogP contribution < -0.4 is 5.32 Å². The fraction of sp³-hybridized carbons (Fsp3) is 0.636. The third-order valence-electron chi connectivity index (χ3n) is 2.50. The standard InChI is InChI=1S/C11H17N3O/c1-3-9-6-8(2)13-11(14-9)10-7-12-4-5-15-10/h6,10,12H,3-5,7H2,1-2H3. The first kappa shape index (κ1) is 10.5. The van der Waals surface area contributed by atoms with Crippen molar-refractivity contribution in [2.24, 2.45) is 0 Å². The molecule has 4 heteroatoms. The zero-order valence-corrected chi connectivity index (χ0v) is 9.29. The highest BCUT2D eigenvalue weighted by Gasteiger charge is 2.18. The maximum absolute atomic E-state index is 5.63. The predicted octanol–water partition coefficient (Wildman–Crippen LogP) is 1.01. The summed E-state index contributed by atoms with van der Waals surface area (Å²) in [7, 11) is 0. The van der Waals surface area contributed by atoms with Crippen molar-refractivity contribution < 1.29 is 4.74 Å². The second-order valence-corrected chi connectivity index (χ2v) is 3.78. The summed E-state index contributed by atoms with van der Waals surface area (Å²) in [6, 6.07) is 2.03. The highest BCUT2D eigenvalue weighted by atomic mass is 16.5. The molecule has 0 amide bonds. The molecule has 1 atom stereocenters.